The van der Waals surface area contributed by atoms with E-state index in [1.807, 2.05) is 18.2 Å². The monoisotopic (exact) mass is 344 g/mol. The highest BCUT2D eigenvalue weighted by atomic mass is 79.9. The van der Waals surface area contributed by atoms with Crippen LogP contribution in [0.15, 0.2) is 32.1 Å². The number of ether oxygens (including phenoxy) is 2. The Labute approximate surface area is 123 Å². The Balaban J connectivity index is 2.03. The summed E-state index contributed by atoms with van der Waals surface area (Å²) >= 11 is 5.03. The van der Waals surface area contributed by atoms with Crippen molar-refractivity contribution in [3.05, 3.63) is 34.4 Å². The number of halogens is 1. The second-order valence-corrected chi connectivity index (χ2v) is 5.55. The number of hydrogen-bond acceptors (Lipinski definition) is 6. The maximum atomic E-state index is 5.31. The third kappa shape index (κ3) is 3.95. The summed E-state index contributed by atoms with van der Waals surface area (Å²) in [5.41, 5.74) is 0. The van der Waals surface area contributed by atoms with Crippen molar-refractivity contribution in [1.29, 1.82) is 0 Å². The standard InChI is InChI=1S/C12H13BrN2O3S/c1-16-6-12-14-11(15-18-12)7-19-10-5-8(13)3-4-9(10)17-2/h3-5H,6-7H2,1-2H3. The molecule has 0 aliphatic carbocycles. The van der Waals surface area contributed by atoms with E-state index >= 15 is 0 Å². The van der Waals surface area contributed by atoms with Gasteiger partial charge >= 0.3 is 0 Å². The van der Waals surface area contributed by atoms with Crippen LogP contribution in [0.5, 0.6) is 5.75 Å². The lowest BCUT2D eigenvalue weighted by molar-refractivity contribution is 0.151. The molecule has 0 unspecified atom stereocenters. The molecule has 0 bridgehead atoms. The molecule has 2 rings (SSSR count). The topological polar surface area (TPSA) is 57.4 Å². The number of nitrogens with zero attached hydrogens (tertiary/aromatic N) is 2. The smallest absolute Gasteiger partial charge is 0.252 e. The average molecular weight is 345 g/mol. The van der Waals surface area contributed by atoms with E-state index in [2.05, 4.69) is 26.1 Å². The predicted molar refractivity (Wildman–Crippen MR) is 75.3 cm³/mol. The molecule has 0 aliphatic heterocycles. The lowest BCUT2D eigenvalue weighted by Gasteiger charge is -2.07. The number of methoxy groups -OCH3 is 2. The summed E-state index contributed by atoms with van der Waals surface area (Å²) in [4.78, 5) is 5.24. The summed E-state index contributed by atoms with van der Waals surface area (Å²) in [6.07, 6.45) is 0. The van der Waals surface area contributed by atoms with Gasteiger partial charge in [0.05, 0.1) is 17.8 Å². The highest BCUT2D eigenvalue weighted by molar-refractivity contribution is 9.10. The maximum absolute atomic E-state index is 5.31. The fraction of sp³-hybridized carbons (Fsp3) is 0.333. The number of rotatable bonds is 6. The van der Waals surface area contributed by atoms with Crippen LogP contribution in [0.3, 0.4) is 0 Å². The van der Waals surface area contributed by atoms with Crippen molar-refractivity contribution in [2.45, 2.75) is 17.3 Å². The molecular weight excluding hydrogens is 332 g/mol. The van der Waals surface area contributed by atoms with Crippen LogP contribution in [-0.2, 0) is 17.1 Å². The summed E-state index contributed by atoms with van der Waals surface area (Å²) in [6, 6.07) is 5.85. The van der Waals surface area contributed by atoms with Crippen LogP contribution in [0, 0.1) is 0 Å². The van der Waals surface area contributed by atoms with Crippen LogP contribution in [0.2, 0.25) is 0 Å². The number of benzene rings is 1. The Kier molecular flexibility index (Phi) is 5.24. The minimum Gasteiger partial charge on any atom is -0.496 e. The molecular formula is C12H13BrN2O3S. The molecule has 0 amide bonds. The maximum Gasteiger partial charge on any atom is 0.252 e. The van der Waals surface area contributed by atoms with Crippen LogP contribution in [0.25, 0.3) is 0 Å². The molecule has 0 radical (unpaired) electrons. The molecule has 0 aliphatic rings. The van der Waals surface area contributed by atoms with Gasteiger partial charge in [-0.1, -0.05) is 21.1 Å². The van der Waals surface area contributed by atoms with Crippen molar-refractivity contribution in [3.63, 3.8) is 0 Å². The summed E-state index contributed by atoms with van der Waals surface area (Å²) < 4.78 is 16.3. The first kappa shape index (κ1) is 14.4. The lowest BCUT2D eigenvalue weighted by atomic mass is 10.3. The summed E-state index contributed by atoms with van der Waals surface area (Å²) in [5, 5.41) is 3.89. The van der Waals surface area contributed by atoms with Gasteiger partial charge in [0.25, 0.3) is 5.89 Å². The molecule has 7 heteroatoms. The van der Waals surface area contributed by atoms with E-state index in [9.17, 15) is 0 Å². The van der Waals surface area contributed by atoms with Crippen molar-refractivity contribution in [2.24, 2.45) is 0 Å². The van der Waals surface area contributed by atoms with E-state index in [4.69, 9.17) is 14.0 Å². The Morgan fingerprint density at radius 1 is 1.37 bits per heavy atom. The molecule has 5 nitrogen and oxygen atoms in total. The van der Waals surface area contributed by atoms with Crippen molar-refractivity contribution in [1.82, 2.24) is 10.1 Å². The Morgan fingerprint density at radius 2 is 2.21 bits per heavy atom. The summed E-state index contributed by atoms with van der Waals surface area (Å²) in [6.45, 7) is 0.331. The van der Waals surface area contributed by atoms with Crippen molar-refractivity contribution >= 4 is 27.7 Å². The van der Waals surface area contributed by atoms with Crippen molar-refractivity contribution in [3.8, 4) is 5.75 Å². The third-order valence-corrected chi connectivity index (χ3v) is 3.79. The molecule has 0 saturated heterocycles. The zero-order valence-corrected chi connectivity index (χ0v) is 13.0. The second kappa shape index (κ2) is 6.93. The van der Waals surface area contributed by atoms with Gasteiger partial charge in [-0.05, 0) is 18.2 Å². The molecule has 1 aromatic carbocycles. The minimum absolute atomic E-state index is 0.331. The summed E-state index contributed by atoms with van der Waals surface area (Å²) in [7, 11) is 3.24. The van der Waals surface area contributed by atoms with Crippen LogP contribution in [0.4, 0.5) is 0 Å². The lowest BCUT2D eigenvalue weighted by Crippen LogP contribution is -1.90. The third-order valence-electron chi connectivity index (χ3n) is 2.26. The molecule has 0 atom stereocenters. The van der Waals surface area contributed by atoms with Crippen molar-refractivity contribution < 1.29 is 14.0 Å². The molecule has 1 heterocycles. The molecule has 2 aromatic rings. The fourth-order valence-corrected chi connectivity index (χ4v) is 2.85. The highest BCUT2D eigenvalue weighted by Gasteiger charge is 2.09. The van der Waals surface area contributed by atoms with Crippen LogP contribution < -0.4 is 4.74 Å². The largest absolute Gasteiger partial charge is 0.496 e. The van der Waals surface area contributed by atoms with E-state index in [-0.39, 0.29) is 0 Å². The minimum atomic E-state index is 0.331. The first-order chi connectivity index (χ1) is 9.22. The number of hydrogen-bond donors (Lipinski definition) is 0. The number of thioether (sulfide) groups is 1. The van der Waals surface area contributed by atoms with E-state index < -0.39 is 0 Å². The predicted octanol–water partition coefficient (Wildman–Crippen LogP) is 3.28. The second-order valence-electron chi connectivity index (χ2n) is 3.62. The summed E-state index contributed by atoms with van der Waals surface area (Å²) in [5.74, 6) is 2.56. The van der Waals surface area contributed by atoms with Crippen LogP contribution in [0.1, 0.15) is 11.7 Å². The SMILES string of the molecule is COCc1nc(CSc2cc(Br)ccc2OC)no1. The van der Waals surface area contributed by atoms with Gasteiger partial charge in [-0.3, -0.25) is 0 Å². The van der Waals surface area contributed by atoms with Gasteiger partial charge in [-0.2, -0.15) is 4.98 Å². The van der Waals surface area contributed by atoms with E-state index in [1.165, 1.54) is 0 Å². The van der Waals surface area contributed by atoms with Gasteiger partial charge in [0, 0.05) is 11.6 Å². The normalized spacial score (nSPS) is 10.7. The van der Waals surface area contributed by atoms with Gasteiger partial charge in [0.15, 0.2) is 5.82 Å². The fourth-order valence-electron chi connectivity index (χ4n) is 1.44. The first-order valence-electron chi connectivity index (χ1n) is 5.49. The van der Waals surface area contributed by atoms with Crippen molar-refractivity contribution in [2.75, 3.05) is 14.2 Å². The van der Waals surface area contributed by atoms with Crippen LogP contribution >= 0.6 is 27.7 Å². The zero-order chi connectivity index (χ0) is 13.7. The number of aromatic nitrogens is 2. The van der Waals surface area contributed by atoms with Crippen LogP contribution in [-0.4, -0.2) is 24.4 Å². The van der Waals surface area contributed by atoms with Gasteiger partial charge in [0.2, 0.25) is 0 Å². The average Bonchev–Trinajstić information content (AvgIpc) is 2.85. The molecule has 0 N–H and O–H groups in total. The van der Waals surface area contributed by atoms with Gasteiger partial charge < -0.3 is 14.0 Å². The first-order valence-corrected chi connectivity index (χ1v) is 7.27. The molecule has 19 heavy (non-hydrogen) atoms. The Bertz CT molecular complexity index is 548. The van der Waals surface area contributed by atoms with E-state index in [0.717, 1.165) is 15.1 Å². The molecule has 0 fully saturated rings. The van der Waals surface area contributed by atoms with E-state index in [0.29, 0.717) is 24.1 Å². The highest BCUT2D eigenvalue weighted by Crippen LogP contribution is 2.33. The molecule has 0 spiro atoms. The molecule has 102 valence electrons. The van der Waals surface area contributed by atoms with Gasteiger partial charge in [-0.25, -0.2) is 0 Å². The Morgan fingerprint density at radius 3 is 2.95 bits per heavy atom. The Hall–Kier alpha value is -1.05. The zero-order valence-electron chi connectivity index (χ0n) is 10.6. The van der Waals surface area contributed by atoms with Gasteiger partial charge in [-0.15, -0.1) is 11.8 Å². The van der Waals surface area contributed by atoms with E-state index in [1.54, 1.807) is 26.0 Å². The quantitative estimate of drug-likeness (QED) is 0.749. The molecule has 0 saturated carbocycles. The molecule has 1 aromatic heterocycles. The van der Waals surface area contributed by atoms with Gasteiger partial charge in [0.1, 0.15) is 12.4 Å².